The van der Waals surface area contributed by atoms with Gasteiger partial charge in [0.15, 0.2) is 18.0 Å². The number of benzene rings is 1. The molecular weight excluding hydrogens is 342 g/mol. The van der Waals surface area contributed by atoms with Gasteiger partial charge in [0, 0.05) is 4.90 Å². The molecule has 0 aliphatic carbocycles. The fraction of sp³-hybridized carbons (Fsp3) is 0.500. The van der Waals surface area contributed by atoms with Gasteiger partial charge in [-0.3, -0.25) is 0 Å². The van der Waals surface area contributed by atoms with Crippen molar-refractivity contribution in [2.75, 3.05) is 5.33 Å². The van der Waals surface area contributed by atoms with Crippen LogP contribution in [0.15, 0.2) is 35.2 Å². The molecule has 1 aromatic rings. The quantitative estimate of drug-likeness (QED) is 0.463. The van der Waals surface area contributed by atoms with E-state index >= 15 is 0 Å². The van der Waals surface area contributed by atoms with Gasteiger partial charge in [0.05, 0.1) is 5.33 Å². The van der Waals surface area contributed by atoms with Crippen molar-refractivity contribution >= 4 is 32.7 Å². The highest BCUT2D eigenvalue weighted by Gasteiger charge is 2.57. The molecule has 3 atom stereocenters. The number of ether oxygens (including phenoxy) is 2. The minimum Gasteiger partial charge on any atom is -0.623 e. The van der Waals surface area contributed by atoms with Crippen LogP contribution in [0.25, 0.3) is 0 Å². The number of hydroxylamine groups is 1. The van der Waals surface area contributed by atoms with E-state index in [0.29, 0.717) is 10.4 Å². The number of halogens is 1. The fourth-order valence-electron chi connectivity index (χ4n) is 2.55. The third-order valence-electron chi connectivity index (χ3n) is 3.39. The lowest BCUT2D eigenvalue weighted by Crippen LogP contribution is -2.35. The van der Waals surface area contributed by atoms with Crippen LogP contribution in [-0.4, -0.2) is 39.1 Å². The van der Waals surface area contributed by atoms with Crippen molar-refractivity contribution in [3.63, 3.8) is 0 Å². The van der Waals surface area contributed by atoms with Gasteiger partial charge in [0.2, 0.25) is 6.04 Å². The molecule has 2 aliphatic heterocycles. The lowest BCUT2D eigenvalue weighted by Gasteiger charge is -2.20. The Hall–Kier alpha value is -0.560. The average Bonchev–Trinajstić information content (AvgIpc) is 2.83. The molecule has 0 unspecified atom stereocenters. The summed E-state index contributed by atoms with van der Waals surface area (Å²) in [6.07, 6.45) is -0.497. The van der Waals surface area contributed by atoms with Crippen LogP contribution < -0.4 is 0 Å². The zero-order valence-corrected chi connectivity index (χ0v) is 13.7. The highest BCUT2D eigenvalue weighted by molar-refractivity contribution is 9.09. The summed E-state index contributed by atoms with van der Waals surface area (Å²) in [7, 11) is 0. The summed E-state index contributed by atoms with van der Waals surface area (Å²) >= 11 is 4.86. The Morgan fingerprint density at radius 3 is 2.65 bits per heavy atom. The van der Waals surface area contributed by atoms with E-state index in [-0.39, 0.29) is 18.2 Å². The molecule has 1 saturated heterocycles. The monoisotopic (exact) mass is 357 g/mol. The molecule has 0 spiro atoms. The minimum atomic E-state index is -0.639. The standard InChI is InChI=1S/C14H16BrNO3S/c1-14(2)18-11-10(8-15)16(17)13(12(11)19-14)20-9-6-4-3-5-7-9/h3-7,10-12H,8H2,1-2H3/t10-,11+,12+/m0/s1. The summed E-state index contributed by atoms with van der Waals surface area (Å²) in [5.74, 6) is -0.639. The lowest BCUT2D eigenvalue weighted by molar-refractivity contribution is -0.496. The largest absolute Gasteiger partial charge is 0.623 e. The van der Waals surface area contributed by atoms with Gasteiger partial charge in [-0.25, -0.2) is 0 Å². The first-order chi connectivity index (χ1) is 9.52. The van der Waals surface area contributed by atoms with E-state index in [4.69, 9.17) is 9.47 Å². The first kappa shape index (κ1) is 14.4. The van der Waals surface area contributed by atoms with E-state index in [1.54, 1.807) is 0 Å². The minimum absolute atomic E-state index is 0.215. The van der Waals surface area contributed by atoms with Crippen molar-refractivity contribution in [3.05, 3.63) is 35.5 Å². The van der Waals surface area contributed by atoms with Gasteiger partial charge in [0.1, 0.15) is 0 Å². The zero-order chi connectivity index (χ0) is 14.3. The molecule has 0 N–H and O–H groups in total. The predicted molar refractivity (Wildman–Crippen MR) is 82.3 cm³/mol. The van der Waals surface area contributed by atoms with Gasteiger partial charge in [-0.1, -0.05) is 34.1 Å². The number of rotatable bonds is 2. The first-order valence-corrected chi connectivity index (χ1v) is 8.43. The maximum Gasteiger partial charge on any atom is 0.259 e. The van der Waals surface area contributed by atoms with Crippen molar-refractivity contribution in [2.24, 2.45) is 0 Å². The molecule has 4 nitrogen and oxygen atoms in total. The summed E-state index contributed by atoms with van der Waals surface area (Å²) in [5, 5.41) is 13.7. The molecule has 0 aromatic heterocycles. The molecule has 2 heterocycles. The van der Waals surface area contributed by atoms with E-state index in [2.05, 4.69) is 15.9 Å². The maximum atomic E-state index is 12.4. The molecule has 108 valence electrons. The topological polar surface area (TPSA) is 44.5 Å². The Balaban J connectivity index is 1.90. The molecule has 0 radical (unpaired) electrons. The number of thioether (sulfide) groups is 1. The molecule has 0 amide bonds. The van der Waals surface area contributed by atoms with Crippen LogP contribution in [0.2, 0.25) is 0 Å². The number of alkyl halides is 1. The average molecular weight is 358 g/mol. The molecule has 1 aromatic carbocycles. The van der Waals surface area contributed by atoms with Gasteiger partial charge in [0.25, 0.3) is 5.04 Å². The lowest BCUT2D eigenvalue weighted by atomic mass is 10.1. The van der Waals surface area contributed by atoms with Gasteiger partial charge in [-0.2, -0.15) is 4.74 Å². The Bertz CT molecular complexity index is 534. The normalized spacial score (nSPS) is 31.6. The molecule has 0 bridgehead atoms. The van der Waals surface area contributed by atoms with Crippen LogP contribution in [0.1, 0.15) is 13.8 Å². The second-order valence-corrected chi connectivity index (χ2v) is 7.06. The first-order valence-electron chi connectivity index (χ1n) is 6.49. The highest BCUT2D eigenvalue weighted by Crippen LogP contribution is 2.39. The van der Waals surface area contributed by atoms with Crippen molar-refractivity contribution < 1.29 is 14.2 Å². The van der Waals surface area contributed by atoms with Crippen LogP contribution in [-0.2, 0) is 9.47 Å². The van der Waals surface area contributed by atoms with Crippen molar-refractivity contribution in [3.8, 4) is 0 Å². The summed E-state index contributed by atoms with van der Waals surface area (Å²) in [6, 6.07) is 9.62. The molecule has 20 heavy (non-hydrogen) atoms. The number of nitrogens with zero attached hydrogens (tertiary/aromatic N) is 1. The Morgan fingerprint density at radius 1 is 1.30 bits per heavy atom. The van der Waals surface area contributed by atoms with Gasteiger partial charge >= 0.3 is 0 Å². The fourth-order valence-corrected chi connectivity index (χ4v) is 4.24. The second kappa shape index (κ2) is 5.33. The van der Waals surface area contributed by atoms with Crippen LogP contribution in [0.3, 0.4) is 0 Å². The third-order valence-corrected chi connectivity index (χ3v) is 5.19. The van der Waals surface area contributed by atoms with E-state index in [9.17, 15) is 5.21 Å². The number of hydrogen-bond donors (Lipinski definition) is 0. The van der Waals surface area contributed by atoms with E-state index in [1.807, 2.05) is 44.2 Å². The zero-order valence-electron chi connectivity index (χ0n) is 11.3. The van der Waals surface area contributed by atoms with Crippen LogP contribution in [0, 0.1) is 5.21 Å². The maximum absolute atomic E-state index is 12.4. The summed E-state index contributed by atoms with van der Waals surface area (Å²) in [4.78, 5) is 1.03. The SMILES string of the molecule is CC1(C)O[C@H]2[C@@H](O1)C(Sc1ccccc1)=[N+]([O-])[C@H]2CBr. The molecule has 1 fully saturated rings. The van der Waals surface area contributed by atoms with Crippen LogP contribution >= 0.6 is 27.7 Å². The van der Waals surface area contributed by atoms with E-state index < -0.39 is 5.79 Å². The molecule has 2 aliphatic rings. The number of fused-ring (bicyclic) bond motifs is 1. The summed E-state index contributed by atoms with van der Waals surface area (Å²) < 4.78 is 12.8. The van der Waals surface area contributed by atoms with Crippen LogP contribution in [0.5, 0.6) is 0 Å². The van der Waals surface area contributed by atoms with Crippen molar-refractivity contribution in [1.29, 1.82) is 0 Å². The molecule has 3 rings (SSSR count). The Kier molecular flexibility index (Phi) is 3.83. The second-order valence-electron chi connectivity index (χ2n) is 5.32. The predicted octanol–water partition coefficient (Wildman–Crippen LogP) is 2.98. The Morgan fingerprint density at radius 2 is 2.00 bits per heavy atom. The highest BCUT2D eigenvalue weighted by atomic mass is 79.9. The van der Waals surface area contributed by atoms with Crippen LogP contribution in [0.4, 0.5) is 0 Å². The number of hydrogen-bond acceptors (Lipinski definition) is 4. The van der Waals surface area contributed by atoms with E-state index in [1.165, 1.54) is 11.8 Å². The smallest absolute Gasteiger partial charge is 0.259 e. The molecule has 6 heteroatoms. The van der Waals surface area contributed by atoms with Crippen molar-refractivity contribution in [1.82, 2.24) is 0 Å². The van der Waals surface area contributed by atoms with Gasteiger partial charge < -0.3 is 14.7 Å². The molecule has 0 saturated carbocycles. The van der Waals surface area contributed by atoms with Crippen molar-refractivity contribution in [2.45, 2.75) is 42.8 Å². The molecular formula is C14H16BrNO3S. The van der Waals surface area contributed by atoms with Gasteiger partial charge in [-0.15, -0.1) is 0 Å². The van der Waals surface area contributed by atoms with E-state index in [0.717, 1.165) is 9.63 Å². The third kappa shape index (κ3) is 2.50. The summed E-state index contributed by atoms with van der Waals surface area (Å²) in [6.45, 7) is 3.77. The Labute approximate surface area is 130 Å². The van der Waals surface area contributed by atoms with Gasteiger partial charge in [-0.05, 0) is 37.7 Å². The summed E-state index contributed by atoms with van der Waals surface area (Å²) in [5.41, 5.74) is 0.